The lowest BCUT2D eigenvalue weighted by Gasteiger charge is -2.17. The monoisotopic (exact) mass is 324 g/mol. The second kappa shape index (κ2) is 7.48. The van der Waals surface area contributed by atoms with Gasteiger partial charge in [0.15, 0.2) is 0 Å². The SMILES string of the molecule is CCCCN(C)c1nccc(Nc2ccc(Cl)cc2Cl)n1. The summed E-state index contributed by atoms with van der Waals surface area (Å²) in [6.45, 7) is 3.09. The molecule has 2 rings (SSSR count). The van der Waals surface area contributed by atoms with Gasteiger partial charge in [-0.1, -0.05) is 36.5 Å². The molecular weight excluding hydrogens is 307 g/mol. The van der Waals surface area contributed by atoms with Gasteiger partial charge in [0.25, 0.3) is 0 Å². The van der Waals surface area contributed by atoms with E-state index in [1.807, 2.05) is 24.1 Å². The fourth-order valence-electron chi connectivity index (χ4n) is 1.83. The highest BCUT2D eigenvalue weighted by molar-refractivity contribution is 6.36. The molecule has 1 aromatic heterocycles. The topological polar surface area (TPSA) is 41.1 Å². The van der Waals surface area contributed by atoms with Crippen LogP contribution in [0.3, 0.4) is 0 Å². The highest BCUT2D eigenvalue weighted by Crippen LogP contribution is 2.27. The number of rotatable bonds is 6. The summed E-state index contributed by atoms with van der Waals surface area (Å²) in [7, 11) is 1.99. The number of anilines is 3. The molecular formula is C15H18Cl2N4. The van der Waals surface area contributed by atoms with E-state index in [-0.39, 0.29) is 0 Å². The molecule has 21 heavy (non-hydrogen) atoms. The van der Waals surface area contributed by atoms with Crippen molar-refractivity contribution in [2.45, 2.75) is 19.8 Å². The van der Waals surface area contributed by atoms with Gasteiger partial charge in [-0.3, -0.25) is 0 Å². The van der Waals surface area contributed by atoms with Gasteiger partial charge >= 0.3 is 0 Å². The van der Waals surface area contributed by atoms with Gasteiger partial charge in [0.2, 0.25) is 5.95 Å². The molecule has 0 atom stereocenters. The molecule has 0 aliphatic rings. The van der Waals surface area contributed by atoms with Crippen LogP contribution in [0.2, 0.25) is 10.0 Å². The van der Waals surface area contributed by atoms with Crippen molar-refractivity contribution < 1.29 is 0 Å². The number of aromatic nitrogens is 2. The Balaban J connectivity index is 2.13. The summed E-state index contributed by atoms with van der Waals surface area (Å²) in [5.41, 5.74) is 0.766. The Bertz CT molecular complexity index is 604. The van der Waals surface area contributed by atoms with Gasteiger partial charge in [0.1, 0.15) is 5.82 Å². The summed E-state index contributed by atoms with van der Waals surface area (Å²) in [6.07, 6.45) is 3.99. The number of nitrogens with one attached hydrogen (secondary N) is 1. The molecule has 2 aromatic rings. The summed E-state index contributed by atoms with van der Waals surface area (Å²) in [5, 5.41) is 4.34. The molecule has 0 aliphatic carbocycles. The van der Waals surface area contributed by atoms with E-state index in [2.05, 4.69) is 22.2 Å². The molecule has 0 amide bonds. The van der Waals surface area contributed by atoms with Crippen molar-refractivity contribution in [3.63, 3.8) is 0 Å². The molecule has 0 saturated heterocycles. The molecule has 1 N–H and O–H groups in total. The lowest BCUT2D eigenvalue weighted by atomic mass is 10.3. The Morgan fingerprint density at radius 3 is 2.76 bits per heavy atom. The Morgan fingerprint density at radius 1 is 1.24 bits per heavy atom. The maximum Gasteiger partial charge on any atom is 0.227 e. The molecule has 0 unspecified atom stereocenters. The predicted octanol–water partition coefficient (Wildman–Crippen LogP) is 4.76. The average Bonchev–Trinajstić information content (AvgIpc) is 2.48. The van der Waals surface area contributed by atoms with Crippen LogP contribution < -0.4 is 10.2 Å². The minimum Gasteiger partial charge on any atom is -0.344 e. The van der Waals surface area contributed by atoms with Gasteiger partial charge in [0, 0.05) is 24.8 Å². The van der Waals surface area contributed by atoms with Crippen LogP contribution >= 0.6 is 23.2 Å². The van der Waals surface area contributed by atoms with E-state index in [1.54, 1.807) is 18.3 Å². The van der Waals surface area contributed by atoms with Crippen LogP contribution in [-0.4, -0.2) is 23.6 Å². The van der Waals surface area contributed by atoms with Crippen LogP contribution in [-0.2, 0) is 0 Å². The Morgan fingerprint density at radius 2 is 2.05 bits per heavy atom. The number of halogens is 2. The lowest BCUT2D eigenvalue weighted by Crippen LogP contribution is -2.21. The number of unbranched alkanes of at least 4 members (excludes halogenated alkanes) is 1. The van der Waals surface area contributed by atoms with Crippen LogP contribution in [0, 0.1) is 0 Å². The van der Waals surface area contributed by atoms with Crippen LogP contribution in [0.15, 0.2) is 30.5 Å². The fraction of sp³-hybridized carbons (Fsp3) is 0.333. The lowest BCUT2D eigenvalue weighted by molar-refractivity contribution is 0.750. The highest BCUT2D eigenvalue weighted by Gasteiger charge is 2.07. The molecule has 0 fully saturated rings. The van der Waals surface area contributed by atoms with Gasteiger partial charge < -0.3 is 10.2 Å². The molecule has 6 heteroatoms. The van der Waals surface area contributed by atoms with Crippen LogP contribution in [0.1, 0.15) is 19.8 Å². The zero-order valence-electron chi connectivity index (χ0n) is 12.1. The first kappa shape index (κ1) is 15.9. The van der Waals surface area contributed by atoms with E-state index in [9.17, 15) is 0 Å². The van der Waals surface area contributed by atoms with Gasteiger partial charge in [0.05, 0.1) is 10.7 Å². The van der Waals surface area contributed by atoms with Crippen molar-refractivity contribution in [3.8, 4) is 0 Å². The largest absolute Gasteiger partial charge is 0.344 e. The molecule has 0 bridgehead atoms. The Labute approximate surface area is 135 Å². The van der Waals surface area contributed by atoms with Crippen molar-refractivity contribution in [1.82, 2.24) is 9.97 Å². The first-order valence-corrected chi connectivity index (χ1v) is 7.62. The molecule has 4 nitrogen and oxygen atoms in total. The van der Waals surface area contributed by atoms with Crippen molar-refractivity contribution in [2.24, 2.45) is 0 Å². The highest BCUT2D eigenvalue weighted by atomic mass is 35.5. The number of nitrogens with zero attached hydrogens (tertiary/aromatic N) is 3. The Kier molecular flexibility index (Phi) is 5.65. The maximum absolute atomic E-state index is 6.15. The van der Waals surface area contributed by atoms with Gasteiger partial charge in [-0.25, -0.2) is 4.98 Å². The molecule has 1 heterocycles. The van der Waals surface area contributed by atoms with E-state index >= 15 is 0 Å². The molecule has 1 aromatic carbocycles. The zero-order chi connectivity index (χ0) is 15.2. The van der Waals surface area contributed by atoms with Crippen molar-refractivity contribution >= 4 is 40.7 Å². The predicted molar refractivity (Wildman–Crippen MR) is 90.0 cm³/mol. The zero-order valence-corrected chi connectivity index (χ0v) is 13.6. The normalized spacial score (nSPS) is 10.5. The smallest absolute Gasteiger partial charge is 0.227 e. The number of benzene rings is 1. The van der Waals surface area contributed by atoms with Crippen LogP contribution in [0.4, 0.5) is 17.5 Å². The number of hydrogen-bond donors (Lipinski definition) is 1. The molecule has 0 radical (unpaired) electrons. The summed E-state index contributed by atoms with van der Waals surface area (Å²) < 4.78 is 0. The first-order chi connectivity index (χ1) is 10.1. The third-order valence-corrected chi connectivity index (χ3v) is 3.57. The van der Waals surface area contributed by atoms with Gasteiger partial charge in [-0.2, -0.15) is 4.98 Å². The van der Waals surface area contributed by atoms with Crippen LogP contribution in [0.5, 0.6) is 0 Å². The fourth-order valence-corrected chi connectivity index (χ4v) is 2.28. The summed E-state index contributed by atoms with van der Waals surface area (Å²) in [4.78, 5) is 10.8. The van der Waals surface area contributed by atoms with Gasteiger partial charge in [-0.05, 0) is 30.7 Å². The minimum atomic E-state index is 0.557. The minimum absolute atomic E-state index is 0.557. The second-order valence-electron chi connectivity index (χ2n) is 4.77. The van der Waals surface area contributed by atoms with Crippen LogP contribution in [0.25, 0.3) is 0 Å². The second-order valence-corrected chi connectivity index (χ2v) is 5.61. The maximum atomic E-state index is 6.15. The van der Waals surface area contributed by atoms with E-state index in [0.717, 1.165) is 25.1 Å². The standard InChI is InChI=1S/C15H18Cl2N4/c1-3-4-9-21(2)15-18-8-7-14(20-15)19-13-6-5-11(16)10-12(13)17/h5-8,10H,3-4,9H2,1-2H3,(H,18,19,20). The molecule has 0 spiro atoms. The summed E-state index contributed by atoms with van der Waals surface area (Å²) >= 11 is 12.0. The molecule has 112 valence electrons. The van der Waals surface area contributed by atoms with Crippen molar-refractivity contribution in [1.29, 1.82) is 0 Å². The van der Waals surface area contributed by atoms with E-state index in [1.165, 1.54) is 0 Å². The number of hydrogen-bond acceptors (Lipinski definition) is 4. The average molecular weight is 325 g/mol. The first-order valence-electron chi connectivity index (χ1n) is 6.86. The summed E-state index contributed by atoms with van der Waals surface area (Å²) in [5.74, 6) is 1.39. The third-order valence-electron chi connectivity index (χ3n) is 3.03. The van der Waals surface area contributed by atoms with E-state index in [0.29, 0.717) is 21.8 Å². The van der Waals surface area contributed by atoms with E-state index < -0.39 is 0 Å². The summed E-state index contributed by atoms with van der Waals surface area (Å²) in [6, 6.07) is 7.11. The quantitative estimate of drug-likeness (QED) is 0.831. The van der Waals surface area contributed by atoms with Gasteiger partial charge in [-0.15, -0.1) is 0 Å². The van der Waals surface area contributed by atoms with Crippen molar-refractivity contribution in [2.75, 3.05) is 23.8 Å². The Hall–Kier alpha value is -1.52. The van der Waals surface area contributed by atoms with E-state index in [4.69, 9.17) is 23.2 Å². The molecule has 0 saturated carbocycles. The molecule has 0 aliphatic heterocycles. The van der Waals surface area contributed by atoms with Crippen molar-refractivity contribution in [3.05, 3.63) is 40.5 Å². The third kappa shape index (κ3) is 4.48.